The molecular weight excluding hydrogens is 461 g/mol. The highest BCUT2D eigenvalue weighted by Crippen LogP contribution is 2.33. The zero-order chi connectivity index (χ0) is 23.0. The average molecular weight is 475 g/mol. The number of carbonyl (C=O) groups excluding carboxylic acids is 2. The van der Waals surface area contributed by atoms with E-state index in [2.05, 4.69) is 15.4 Å². The van der Waals surface area contributed by atoms with Crippen LogP contribution in [0, 0.1) is 6.92 Å². The highest BCUT2D eigenvalue weighted by atomic mass is 35.5. The molecule has 0 saturated carbocycles. The van der Waals surface area contributed by atoms with Crippen LogP contribution in [-0.4, -0.2) is 26.3 Å². The van der Waals surface area contributed by atoms with E-state index in [0.717, 1.165) is 10.6 Å². The quantitative estimate of drug-likeness (QED) is 0.307. The van der Waals surface area contributed by atoms with E-state index in [4.69, 9.17) is 23.2 Å². The Balaban J connectivity index is 1.71. The van der Waals surface area contributed by atoms with Crippen molar-refractivity contribution >= 4 is 46.2 Å². The number of rotatable bonds is 5. The van der Waals surface area contributed by atoms with Crippen molar-refractivity contribution < 1.29 is 18.4 Å². The fraction of sp³-hybridized carbons (Fsp3) is 0.0909. The number of aromatic nitrogens is 3. The third kappa shape index (κ3) is 4.32. The van der Waals surface area contributed by atoms with Crippen molar-refractivity contribution in [3.8, 4) is 0 Å². The summed E-state index contributed by atoms with van der Waals surface area (Å²) in [4.78, 5) is 29.9. The minimum Gasteiger partial charge on any atom is -0.320 e. The van der Waals surface area contributed by atoms with Gasteiger partial charge < -0.3 is 5.32 Å². The minimum absolute atomic E-state index is 0.0298. The Morgan fingerprint density at radius 2 is 1.78 bits per heavy atom. The molecule has 0 atom stereocenters. The van der Waals surface area contributed by atoms with Crippen molar-refractivity contribution in [2.24, 2.45) is 0 Å². The van der Waals surface area contributed by atoms with Crippen LogP contribution < -0.4 is 5.32 Å². The maximum absolute atomic E-state index is 13.8. The number of nitrogens with zero attached hydrogens (tertiary/aromatic N) is 3. The van der Waals surface area contributed by atoms with E-state index < -0.39 is 17.0 Å². The molecule has 0 aliphatic carbocycles. The Morgan fingerprint density at radius 1 is 1.06 bits per heavy atom. The van der Waals surface area contributed by atoms with Gasteiger partial charge in [0.1, 0.15) is 5.69 Å². The zero-order valence-corrected chi connectivity index (χ0v) is 18.0. The van der Waals surface area contributed by atoms with Crippen LogP contribution in [0.25, 0.3) is 5.65 Å². The largest absolute Gasteiger partial charge is 0.364 e. The fourth-order valence-corrected chi connectivity index (χ4v) is 3.46. The van der Waals surface area contributed by atoms with Gasteiger partial charge in [-0.05, 0) is 42.8 Å². The summed E-state index contributed by atoms with van der Waals surface area (Å²) in [5.41, 5.74) is 0.285. The van der Waals surface area contributed by atoms with E-state index in [-0.39, 0.29) is 34.1 Å². The number of carbonyl (C=O) groups is 2. The Bertz CT molecular complexity index is 1350. The lowest BCUT2D eigenvalue weighted by molar-refractivity contribution is 0.0867. The topological polar surface area (TPSA) is 76.4 Å². The van der Waals surface area contributed by atoms with E-state index in [0.29, 0.717) is 10.6 Å². The monoisotopic (exact) mass is 474 g/mol. The number of anilines is 1. The van der Waals surface area contributed by atoms with Crippen LogP contribution in [0.1, 0.15) is 37.8 Å². The Hall–Kier alpha value is -3.36. The second-order valence-corrected chi connectivity index (χ2v) is 7.83. The van der Waals surface area contributed by atoms with Gasteiger partial charge in [0.25, 0.3) is 5.91 Å². The fourth-order valence-electron chi connectivity index (χ4n) is 3.16. The molecule has 0 bridgehead atoms. The van der Waals surface area contributed by atoms with E-state index in [1.807, 2.05) is 0 Å². The van der Waals surface area contributed by atoms with Crippen LogP contribution >= 0.6 is 23.2 Å². The first-order valence-electron chi connectivity index (χ1n) is 9.29. The predicted molar refractivity (Wildman–Crippen MR) is 117 cm³/mol. The van der Waals surface area contributed by atoms with Gasteiger partial charge in [-0.15, -0.1) is 0 Å². The minimum atomic E-state index is -3.71. The number of benzene rings is 2. The molecule has 162 valence electrons. The molecule has 4 aromatic rings. The van der Waals surface area contributed by atoms with Crippen LogP contribution in [0.5, 0.6) is 0 Å². The number of aryl methyl sites for hydroxylation is 1. The summed E-state index contributed by atoms with van der Waals surface area (Å²) in [5, 5.41) is 3.13. The van der Waals surface area contributed by atoms with Crippen molar-refractivity contribution in [3.05, 3.63) is 93.9 Å². The first-order valence-corrected chi connectivity index (χ1v) is 10.0. The summed E-state index contributed by atoms with van der Waals surface area (Å²) in [7, 11) is 0. The molecule has 2 aromatic heterocycles. The average Bonchev–Trinajstić information content (AvgIpc) is 3.17. The summed E-state index contributed by atoms with van der Waals surface area (Å²) in [5.74, 6) is -1.07. The summed E-state index contributed by atoms with van der Waals surface area (Å²) in [6.07, 6.45) is 0. The summed E-state index contributed by atoms with van der Waals surface area (Å²) in [6.45, 7) is 1.52. The van der Waals surface area contributed by atoms with Gasteiger partial charge in [-0.1, -0.05) is 41.9 Å². The van der Waals surface area contributed by atoms with Gasteiger partial charge in [-0.2, -0.15) is 13.9 Å². The van der Waals surface area contributed by atoms with Gasteiger partial charge in [0, 0.05) is 27.9 Å². The molecule has 0 fully saturated rings. The number of alkyl halides is 3. The summed E-state index contributed by atoms with van der Waals surface area (Å²) < 4.78 is 28.4. The molecule has 2 aromatic carbocycles. The first-order chi connectivity index (χ1) is 15.1. The van der Waals surface area contributed by atoms with E-state index >= 15 is 0 Å². The molecule has 6 nitrogen and oxygen atoms in total. The molecule has 0 spiro atoms. The molecule has 0 aliphatic rings. The van der Waals surface area contributed by atoms with Gasteiger partial charge in [-0.25, -0.2) is 9.50 Å². The SMILES string of the molecule is Cc1cc(C(F)(F)Cl)n2nc(C(=O)Nc3ccc(Cl)cc3C(=O)c3ccccc3)cc2n1. The molecule has 2 heterocycles. The third-order valence-electron chi connectivity index (χ3n) is 4.59. The Kier molecular flexibility index (Phi) is 5.66. The van der Waals surface area contributed by atoms with Gasteiger partial charge >= 0.3 is 5.38 Å². The van der Waals surface area contributed by atoms with Crippen molar-refractivity contribution in [1.29, 1.82) is 0 Å². The molecule has 0 radical (unpaired) electrons. The van der Waals surface area contributed by atoms with Gasteiger partial charge in [0.15, 0.2) is 17.1 Å². The maximum Gasteiger partial charge on any atom is 0.364 e. The summed E-state index contributed by atoms with van der Waals surface area (Å²) >= 11 is 11.2. The molecule has 4 rings (SSSR count). The lowest BCUT2D eigenvalue weighted by Gasteiger charge is -2.11. The van der Waals surface area contributed by atoms with Gasteiger partial charge in [-0.3, -0.25) is 9.59 Å². The molecule has 0 aliphatic heterocycles. The molecule has 0 saturated heterocycles. The smallest absolute Gasteiger partial charge is 0.320 e. The molecule has 1 amide bonds. The Morgan fingerprint density at radius 3 is 2.47 bits per heavy atom. The van der Waals surface area contributed by atoms with Crippen molar-refractivity contribution in [2.75, 3.05) is 5.32 Å². The second kappa shape index (κ2) is 8.29. The lowest BCUT2D eigenvalue weighted by atomic mass is 10.0. The zero-order valence-electron chi connectivity index (χ0n) is 16.4. The molecule has 10 heteroatoms. The first kappa shape index (κ1) is 21.9. The number of hydrogen-bond acceptors (Lipinski definition) is 4. The molecule has 1 N–H and O–H groups in total. The van der Waals surface area contributed by atoms with Crippen LogP contribution in [0.15, 0.2) is 60.7 Å². The predicted octanol–water partition coefficient (Wildman–Crippen LogP) is 5.46. The second-order valence-electron chi connectivity index (χ2n) is 6.92. The molecular formula is C22H14Cl2F2N4O2. The highest BCUT2D eigenvalue weighted by Gasteiger charge is 2.33. The standard InChI is InChI=1S/C22H14Cl2F2N4O2/c1-12-9-18(22(24,25)26)30-19(27-12)11-17(29-30)21(32)28-16-8-7-14(23)10-15(16)20(31)13-5-3-2-4-6-13/h2-11H,1H3,(H,28,32). The van der Waals surface area contributed by atoms with Crippen LogP contribution in [0.4, 0.5) is 14.5 Å². The van der Waals surface area contributed by atoms with Crippen LogP contribution in [0.2, 0.25) is 5.02 Å². The number of nitrogens with one attached hydrogen (secondary N) is 1. The van der Waals surface area contributed by atoms with Crippen LogP contribution in [-0.2, 0) is 5.38 Å². The van der Waals surface area contributed by atoms with Gasteiger partial charge in [0.2, 0.25) is 0 Å². The van der Waals surface area contributed by atoms with E-state index in [1.165, 1.54) is 31.2 Å². The number of fused-ring (bicyclic) bond motifs is 1. The summed E-state index contributed by atoms with van der Waals surface area (Å²) in [6, 6.07) is 15.2. The lowest BCUT2D eigenvalue weighted by Crippen LogP contribution is -2.17. The van der Waals surface area contributed by atoms with E-state index in [9.17, 15) is 18.4 Å². The molecule has 32 heavy (non-hydrogen) atoms. The van der Waals surface area contributed by atoms with Crippen molar-refractivity contribution in [3.63, 3.8) is 0 Å². The third-order valence-corrected chi connectivity index (χ3v) is 5.02. The highest BCUT2D eigenvalue weighted by molar-refractivity contribution is 6.31. The maximum atomic E-state index is 13.8. The normalized spacial score (nSPS) is 11.5. The van der Waals surface area contributed by atoms with Gasteiger partial charge in [0.05, 0.1) is 5.69 Å². The van der Waals surface area contributed by atoms with Crippen LogP contribution in [0.3, 0.4) is 0 Å². The molecule has 0 unspecified atom stereocenters. The number of ketones is 1. The van der Waals surface area contributed by atoms with Crippen molar-refractivity contribution in [2.45, 2.75) is 12.3 Å². The van der Waals surface area contributed by atoms with Crippen molar-refractivity contribution in [1.82, 2.24) is 14.6 Å². The number of halogens is 4. The number of hydrogen-bond donors (Lipinski definition) is 1. The number of amides is 1. The van der Waals surface area contributed by atoms with E-state index in [1.54, 1.807) is 30.3 Å². The Labute approximate surface area is 190 Å².